The molecule has 4 aromatic rings. The summed E-state index contributed by atoms with van der Waals surface area (Å²) in [5, 5.41) is 20.4. The highest BCUT2D eigenvalue weighted by atomic mass is 16.3. The molecule has 3 aromatic heterocycles. The molecule has 5 rings (SSSR count). The number of carbonyl (C=O) groups is 1. The average molecular weight is 962 g/mol. The molecule has 15 heteroatoms. The normalized spacial score (nSPS) is 10.0. The number of aromatic nitrogens is 3. The number of anilines is 2. The van der Waals surface area contributed by atoms with Gasteiger partial charge < -0.3 is 16.0 Å². The standard InChI is InChI=1S/C29H32N6O.C28H6.HN7O.12H2/c1-35-13-9-21(10-14-35)17-33-29-26(16-24(19-34-29)23-3-2-11-31-18-23)27(36)7-5-20-4-6-25-22(15-20)8-12-32-28(25)30;1-3-5-7-9-11-13-15-17-19-21-23-25-27-28-26-24-22-20-18-16-14-12-10-8-6-4-2;1-2-3-4-5-6-7-8;;;;;;;;;;;;/h2-4,6,8,11-12,15-16,18-19,21H,5,7,9-10,13-14,17H2,1H3,(H2,30,32)(H,33,34);1-2H3;1H;12*1H/b;;2-1?,4-3+,6-5+;;;;;;;;;;;;. The lowest BCUT2D eigenvalue weighted by molar-refractivity contribution is 0.0983. The van der Waals surface area contributed by atoms with Gasteiger partial charge in [0.05, 0.1) is 5.56 Å². The summed E-state index contributed by atoms with van der Waals surface area (Å²) in [5.74, 6) is 67.5. The third kappa shape index (κ3) is 23.9. The first-order chi connectivity index (χ1) is 35.4. The fourth-order valence-electron chi connectivity index (χ4n) is 5.70. The van der Waals surface area contributed by atoms with Crippen molar-refractivity contribution in [1.82, 2.24) is 19.9 Å². The molecule has 0 unspecified atom stereocenters. The van der Waals surface area contributed by atoms with Gasteiger partial charge in [-0.25, -0.2) is 9.97 Å². The lowest BCUT2D eigenvalue weighted by Crippen LogP contribution is -2.33. The van der Waals surface area contributed by atoms with Crippen LogP contribution >= 0.6 is 0 Å². The molecule has 1 saturated heterocycles. The minimum atomic E-state index is 0. The number of fused-ring (bicyclic) bond motifs is 1. The molecule has 0 aliphatic carbocycles. The number of piperidine rings is 1. The molecule has 15 nitrogen and oxygen atoms in total. The molecule has 0 radical (unpaired) electrons. The van der Waals surface area contributed by atoms with Crippen LogP contribution in [0.1, 0.15) is 66.2 Å². The Balaban J connectivity index is -0.000000130. The second kappa shape index (κ2) is 36.0. The topological polar surface area (TPSA) is 212 Å². The minimum absolute atomic E-state index is 0. The Hall–Kier alpha value is -11.2. The Morgan fingerprint density at radius 2 is 1.24 bits per heavy atom. The summed E-state index contributed by atoms with van der Waals surface area (Å²) in [6.07, 6.45) is 10.4. The molecular formula is C57H63N13O2. The molecule has 0 spiro atoms. The van der Waals surface area contributed by atoms with Crippen LogP contribution in [0.15, 0.2) is 98.7 Å². The minimum Gasteiger partial charge on any atom is -0.383 e. The molecule has 1 fully saturated rings. The molecule has 0 bridgehead atoms. The van der Waals surface area contributed by atoms with Gasteiger partial charge in [-0.2, -0.15) is 5.53 Å². The number of hydrogen-bond acceptors (Lipinski definition) is 9. The van der Waals surface area contributed by atoms with Gasteiger partial charge in [0.1, 0.15) is 16.9 Å². The number of Topliss-reactive ketones (excluding diaryl/α,β-unsaturated/α-hetero) is 1. The lowest BCUT2D eigenvalue weighted by Gasteiger charge is -2.29. The zero-order valence-electron chi connectivity index (χ0n) is 39.2. The van der Waals surface area contributed by atoms with Crippen LogP contribution in [0, 0.1) is 170 Å². The summed E-state index contributed by atoms with van der Waals surface area (Å²) >= 11 is 0. The Morgan fingerprint density at radius 1 is 0.694 bits per heavy atom. The smallest absolute Gasteiger partial charge is 0.166 e. The summed E-state index contributed by atoms with van der Waals surface area (Å²) < 4.78 is 0. The molecule has 4 N–H and O–H groups in total. The molecule has 0 saturated carbocycles. The van der Waals surface area contributed by atoms with Crippen molar-refractivity contribution in [3.8, 4) is 165 Å². The Kier molecular flexibility index (Phi) is 27.6. The molecule has 0 amide bonds. The third-order valence-corrected chi connectivity index (χ3v) is 8.97. The quantitative estimate of drug-likeness (QED) is 0.0432. The van der Waals surface area contributed by atoms with E-state index in [0.717, 1.165) is 59.9 Å². The maximum Gasteiger partial charge on any atom is 0.166 e. The van der Waals surface area contributed by atoms with E-state index in [1.807, 2.05) is 47.9 Å². The second-order valence-electron chi connectivity index (χ2n) is 13.7. The molecular weight excluding hydrogens is 899 g/mol. The number of nitrogens with one attached hydrogen (secondary N) is 2. The predicted octanol–water partition coefficient (Wildman–Crippen LogP) is 10.3. The molecule has 368 valence electrons. The van der Waals surface area contributed by atoms with Gasteiger partial charge in [-0.05, 0) is 199 Å². The number of hydrogen-bond donors (Lipinski definition) is 3. The van der Waals surface area contributed by atoms with Crippen molar-refractivity contribution in [2.75, 3.05) is 37.7 Å². The number of nitroso groups, excluding NO2 is 1. The van der Waals surface area contributed by atoms with Crippen LogP contribution in [0.5, 0.6) is 0 Å². The van der Waals surface area contributed by atoms with Crippen LogP contribution < -0.4 is 11.1 Å². The number of carbonyl (C=O) groups excluding carboxylic acids is 1. The van der Waals surface area contributed by atoms with E-state index in [0.29, 0.717) is 36.0 Å². The summed E-state index contributed by atoms with van der Waals surface area (Å²) in [6, 6.07) is 13.9. The van der Waals surface area contributed by atoms with Crippen molar-refractivity contribution in [1.29, 1.82) is 5.53 Å². The number of benzene rings is 1. The van der Waals surface area contributed by atoms with Crippen LogP contribution in [-0.4, -0.2) is 52.3 Å². The summed E-state index contributed by atoms with van der Waals surface area (Å²) in [6.45, 7) is 6.44. The number of nitrogen functional groups attached to an aromatic ring is 1. The Morgan fingerprint density at radius 3 is 1.74 bits per heavy atom. The van der Waals surface area contributed by atoms with Crippen molar-refractivity contribution in [3.63, 3.8) is 0 Å². The first-order valence-corrected chi connectivity index (χ1v) is 21.2. The lowest BCUT2D eigenvalue weighted by atomic mass is 9.96. The number of nitrogens with two attached hydrogens (primary N) is 1. The van der Waals surface area contributed by atoms with Crippen LogP contribution in [0.25, 0.3) is 21.9 Å². The Labute approximate surface area is 437 Å². The van der Waals surface area contributed by atoms with Crippen LogP contribution in [0.2, 0.25) is 0 Å². The van der Waals surface area contributed by atoms with Crippen molar-refractivity contribution in [3.05, 3.63) is 83.3 Å². The van der Waals surface area contributed by atoms with Gasteiger partial charge in [0.15, 0.2) is 5.78 Å². The number of nitrogens with zero attached hydrogens (tertiary/aromatic N) is 10. The van der Waals surface area contributed by atoms with E-state index in [1.54, 1.807) is 32.4 Å². The van der Waals surface area contributed by atoms with E-state index >= 15 is 0 Å². The van der Waals surface area contributed by atoms with Gasteiger partial charge in [-0.3, -0.25) is 9.78 Å². The van der Waals surface area contributed by atoms with E-state index in [2.05, 4.69) is 213 Å². The fourth-order valence-corrected chi connectivity index (χ4v) is 5.70. The van der Waals surface area contributed by atoms with Gasteiger partial charge in [0.25, 0.3) is 0 Å². The van der Waals surface area contributed by atoms with E-state index < -0.39 is 0 Å². The molecule has 1 aliphatic rings. The van der Waals surface area contributed by atoms with Gasteiger partial charge in [-0.1, -0.05) is 36.1 Å². The van der Waals surface area contributed by atoms with E-state index in [9.17, 15) is 4.79 Å². The number of likely N-dealkylation sites (tertiary alicyclic amines) is 1. The van der Waals surface area contributed by atoms with E-state index in [-0.39, 0.29) is 22.9 Å². The number of ketones is 1. The van der Waals surface area contributed by atoms with Crippen LogP contribution in [0.4, 0.5) is 11.6 Å². The highest BCUT2D eigenvalue weighted by Crippen LogP contribution is 2.26. The summed E-state index contributed by atoms with van der Waals surface area (Å²) in [7, 11) is 2.17. The maximum atomic E-state index is 13.5. The van der Waals surface area contributed by atoms with E-state index in [4.69, 9.17) is 21.2 Å². The van der Waals surface area contributed by atoms with Crippen molar-refractivity contribution in [2.24, 2.45) is 37.3 Å². The predicted molar refractivity (Wildman–Crippen MR) is 303 cm³/mol. The molecule has 4 heterocycles. The van der Waals surface area contributed by atoms with E-state index in [1.165, 1.54) is 0 Å². The second-order valence-corrected chi connectivity index (χ2v) is 13.7. The van der Waals surface area contributed by atoms with Crippen molar-refractivity contribution >= 4 is 28.2 Å². The summed E-state index contributed by atoms with van der Waals surface area (Å²) in [5.41, 5.74) is 15.6. The fraction of sp³-hybridized carbons (Fsp3) is 0.193. The van der Waals surface area contributed by atoms with Crippen LogP contribution in [-0.2, 0) is 6.42 Å². The van der Waals surface area contributed by atoms with Gasteiger partial charge in [-0.15, -0.1) is 4.91 Å². The van der Waals surface area contributed by atoms with Crippen molar-refractivity contribution < 1.29 is 21.9 Å². The summed E-state index contributed by atoms with van der Waals surface area (Å²) in [4.78, 5) is 38.0. The van der Waals surface area contributed by atoms with Gasteiger partial charge in [0.2, 0.25) is 0 Å². The SMILES string of the molecule is CC#CC#CC#CC#CC#CC#CC#CC#CC#CC#CC#CC#CC#CC.CN1CCC(CNc2ncc(-c3cccnc3)cc2C(=O)CCc2ccc3c(N)nccc3c2)CC1.N=N/N=N/N=N/N=O.[HH].[HH].[HH].[HH].[HH].[HH].[HH].[HH].[HH].[HH].[HH].[HH]. The number of pyridine rings is 3. The maximum absolute atomic E-state index is 13.5. The van der Waals surface area contributed by atoms with Gasteiger partial charge in [0, 0.05) is 129 Å². The number of aryl methyl sites for hydroxylation is 1. The molecule has 72 heavy (non-hydrogen) atoms. The Bertz CT molecular complexity index is 3450. The highest BCUT2D eigenvalue weighted by Gasteiger charge is 2.19. The zero-order valence-corrected chi connectivity index (χ0v) is 39.2. The van der Waals surface area contributed by atoms with Crippen LogP contribution in [0.3, 0.4) is 0 Å². The zero-order chi connectivity index (χ0) is 51.5. The highest BCUT2D eigenvalue weighted by molar-refractivity contribution is 6.01. The first kappa shape index (κ1) is 55.2. The monoisotopic (exact) mass is 962 g/mol. The average Bonchev–Trinajstić information content (AvgIpc) is 3.41. The third-order valence-electron chi connectivity index (χ3n) is 8.97. The molecule has 1 aromatic carbocycles. The number of rotatable bonds is 11. The van der Waals surface area contributed by atoms with Gasteiger partial charge >= 0.3 is 0 Å². The molecule has 1 aliphatic heterocycles. The molecule has 0 atom stereocenters. The largest absolute Gasteiger partial charge is 0.383 e. The first-order valence-electron chi connectivity index (χ1n) is 21.2. The van der Waals surface area contributed by atoms with Crippen molar-refractivity contribution in [2.45, 2.75) is 39.5 Å².